The molecule has 22 heavy (non-hydrogen) atoms. The Morgan fingerprint density at radius 1 is 1.18 bits per heavy atom. The van der Waals surface area contributed by atoms with E-state index >= 15 is 0 Å². The molecule has 1 amide bonds. The van der Waals surface area contributed by atoms with E-state index in [0.29, 0.717) is 23.7 Å². The van der Waals surface area contributed by atoms with Crippen LogP contribution in [0.4, 0.5) is 4.39 Å². The molecule has 0 saturated heterocycles. The van der Waals surface area contributed by atoms with Crippen molar-refractivity contribution in [3.63, 3.8) is 0 Å². The minimum Gasteiger partial charge on any atom is -0.481 e. The maximum atomic E-state index is 12.9. The smallest absolute Gasteiger partial charge is 0.261 e. The van der Waals surface area contributed by atoms with Crippen LogP contribution in [0.2, 0.25) is 5.02 Å². The van der Waals surface area contributed by atoms with Crippen molar-refractivity contribution in [2.75, 3.05) is 0 Å². The molecular weight excluding hydrogens is 305 g/mol. The van der Waals surface area contributed by atoms with Crippen LogP contribution >= 0.6 is 11.6 Å². The van der Waals surface area contributed by atoms with Gasteiger partial charge in [0.1, 0.15) is 11.6 Å². The van der Waals surface area contributed by atoms with Gasteiger partial charge in [-0.25, -0.2) is 4.39 Å². The molecule has 0 bridgehead atoms. The summed E-state index contributed by atoms with van der Waals surface area (Å²) in [6.45, 7) is 2.26. The van der Waals surface area contributed by atoms with Gasteiger partial charge in [-0.1, -0.05) is 30.7 Å². The summed E-state index contributed by atoms with van der Waals surface area (Å²) in [6.07, 6.45) is -0.0955. The molecule has 5 heteroatoms. The Morgan fingerprint density at radius 3 is 2.41 bits per heavy atom. The third-order valence-electron chi connectivity index (χ3n) is 3.14. The Labute approximate surface area is 134 Å². The third-order valence-corrected chi connectivity index (χ3v) is 3.39. The van der Waals surface area contributed by atoms with Gasteiger partial charge in [0.25, 0.3) is 5.91 Å². The summed E-state index contributed by atoms with van der Waals surface area (Å²) in [7, 11) is 0. The van der Waals surface area contributed by atoms with Crippen molar-refractivity contribution in [1.82, 2.24) is 5.32 Å². The van der Waals surface area contributed by atoms with Gasteiger partial charge in [0, 0.05) is 11.6 Å². The molecule has 2 aromatic carbocycles. The van der Waals surface area contributed by atoms with Gasteiger partial charge in [0.2, 0.25) is 0 Å². The summed E-state index contributed by atoms with van der Waals surface area (Å²) in [5, 5.41) is 3.47. The second-order valence-corrected chi connectivity index (χ2v) is 5.25. The van der Waals surface area contributed by atoms with E-state index in [-0.39, 0.29) is 11.7 Å². The first kappa shape index (κ1) is 16.3. The molecular formula is C17H17ClFNO2. The fourth-order valence-corrected chi connectivity index (χ4v) is 2.03. The lowest BCUT2D eigenvalue weighted by atomic mass is 10.2. The van der Waals surface area contributed by atoms with E-state index in [1.165, 1.54) is 24.3 Å². The van der Waals surface area contributed by atoms with E-state index in [1.807, 2.05) is 19.1 Å². The number of hydrogen-bond donors (Lipinski definition) is 1. The Balaban J connectivity index is 1.91. The number of carbonyl (C=O) groups excluding carboxylic acids is 1. The van der Waals surface area contributed by atoms with Gasteiger partial charge in [0.15, 0.2) is 6.10 Å². The lowest BCUT2D eigenvalue weighted by Gasteiger charge is -2.17. The average Bonchev–Trinajstić information content (AvgIpc) is 2.53. The zero-order valence-corrected chi connectivity index (χ0v) is 12.9. The maximum absolute atomic E-state index is 12.9. The van der Waals surface area contributed by atoms with E-state index in [9.17, 15) is 9.18 Å². The lowest BCUT2D eigenvalue weighted by Crippen LogP contribution is -2.37. The largest absolute Gasteiger partial charge is 0.481 e. The number of hydrogen-bond acceptors (Lipinski definition) is 2. The second-order valence-electron chi connectivity index (χ2n) is 4.81. The summed E-state index contributed by atoms with van der Waals surface area (Å²) < 4.78 is 18.4. The lowest BCUT2D eigenvalue weighted by molar-refractivity contribution is -0.128. The van der Waals surface area contributed by atoms with Crippen LogP contribution in [0.3, 0.4) is 0 Å². The topological polar surface area (TPSA) is 38.3 Å². The SMILES string of the molecule is CC[C@H](Oc1ccc(F)cc1)C(=O)NCc1ccc(Cl)cc1. The Kier molecular flexibility index (Phi) is 5.78. The van der Waals surface area contributed by atoms with Gasteiger partial charge in [-0.05, 0) is 48.4 Å². The molecule has 0 aromatic heterocycles. The minimum absolute atomic E-state index is 0.207. The van der Waals surface area contributed by atoms with Crippen LogP contribution < -0.4 is 10.1 Å². The number of benzene rings is 2. The monoisotopic (exact) mass is 321 g/mol. The first-order valence-corrected chi connectivity index (χ1v) is 7.40. The summed E-state index contributed by atoms with van der Waals surface area (Å²) in [6, 6.07) is 12.9. The molecule has 0 radical (unpaired) electrons. The fourth-order valence-electron chi connectivity index (χ4n) is 1.90. The van der Waals surface area contributed by atoms with Gasteiger partial charge < -0.3 is 10.1 Å². The molecule has 2 aromatic rings. The molecule has 1 N–H and O–H groups in total. The molecule has 0 spiro atoms. The van der Waals surface area contributed by atoms with Crippen LogP contribution in [0.1, 0.15) is 18.9 Å². The van der Waals surface area contributed by atoms with E-state index in [2.05, 4.69) is 5.32 Å². The highest BCUT2D eigenvalue weighted by Gasteiger charge is 2.18. The van der Waals surface area contributed by atoms with E-state index in [0.717, 1.165) is 5.56 Å². The van der Waals surface area contributed by atoms with Crippen molar-refractivity contribution in [1.29, 1.82) is 0 Å². The van der Waals surface area contributed by atoms with Gasteiger partial charge in [-0.2, -0.15) is 0 Å². The van der Waals surface area contributed by atoms with Gasteiger partial charge in [-0.15, -0.1) is 0 Å². The summed E-state index contributed by atoms with van der Waals surface area (Å²) in [4.78, 5) is 12.1. The van der Waals surface area contributed by atoms with Crippen LogP contribution in [0.15, 0.2) is 48.5 Å². The maximum Gasteiger partial charge on any atom is 0.261 e. The molecule has 0 aliphatic carbocycles. The predicted octanol–water partition coefficient (Wildman–Crippen LogP) is 3.95. The highest BCUT2D eigenvalue weighted by atomic mass is 35.5. The van der Waals surface area contributed by atoms with Gasteiger partial charge in [0.05, 0.1) is 0 Å². The molecule has 0 aliphatic rings. The van der Waals surface area contributed by atoms with E-state index in [1.54, 1.807) is 12.1 Å². The standard InChI is InChI=1S/C17H17ClFNO2/c1-2-16(22-15-9-7-14(19)8-10-15)17(21)20-11-12-3-5-13(18)6-4-12/h3-10,16H,2,11H2,1H3,(H,20,21)/t16-/m0/s1. The average molecular weight is 322 g/mol. The van der Waals surface area contributed by atoms with Crippen molar-refractivity contribution >= 4 is 17.5 Å². The number of amides is 1. The number of nitrogens with one attached hydrogen (secondary N) is 1. The van der Waals surface area contributed by atoms with Crippen LogP contribution in [0, 0.1) is 5.82 Å². The quantitative estimate of drug-likeness (QED) is 0.874. The Bertz CT molecular complexity index is 614. The Morgan fingerprint density at radius 2 is 1.82 bits per heavy atom. The molecule has 0 aliphatic heterocycles. The van der Waals surface area contributed by atoms with Crippen LogP contribution in [-0.4, -0.2) is 12.0 Å². The highest BCUT2D eigenvalue weighted by molar-refractivity contribution is 6.30. The molecule has 1 atom stereocenters. The molecule has 2 rings (SSSR count). The summed E-state index contributed by atoms with van der Waals surface area (Å²) in [5.74, 6) is -0.0794. The molecule has 3 nitrogen and oxygen atoms in total. The minimum atomic E-state index is -0.613. The highest BCUT2D eigenvalue weighted by Crippen LogP contribution is 2.15. The predicted molar refractivity (Wildman–Crippen MR) is 84.4 cm³/mol. The number of halogens is 2. The zero-order chi connectivity index (χ0) is 15.9. The third kappa shape index (κ3) is 4.74. The van der Waals surface area contributed by atoms with Crippen LogP contribution in [0.5, 0.6) is 5.75 Å². The first-order chi connectivity index (χ1) is 10.6. The molecule has 0 fully saturated rings. The molecule has 116 valence electrons. The summed E-state index contributed by atoms with van der Waals surface area (Å²) >= 11 is 5.81. The van der Waals surface area contributed by atoms with Crippen LogP contribution in [-0.2, 0) is 11.3 Å². The van der Waals surface area contributed by atoms with Crippen molar-refractivity contribution < 1.29 is 13.9 Å². The van der Waals surface area contributed by atoms with Crippen molar-refractivity contribution in [3.05, 3.63) is 64.9 Å². The molecule has 0 heterocycles. The first-order valence-electron chi connectivity index (χ1n) is 7.03. The van der Waals surface area contributed by atoms with Crippen molar-refractivity contribution in [3.8, 4) is 5.75 Å². The molecule has 0 saturated carbocycles. The summed E-state index contributed by atoms with van der Waals surface area (Å²) in [5.41, 5.74) is 0.953. The van der Waals surface area contributed by atoms with Gasteiger partial charge in [-0.3, -0.25) is 4.79 Å². The molecule has 0 unspecified atom stereocenters. The van der Waals surface area contributed by atoms with Crippen molar-refractivity contribution in [2.24, 2.45) is 0 Å². The zero-order valence-electron chi connectivity index (χ0n) is 12.2. The van der Waals surface area contributed by atoms with Gasteiger partial charge >= 0.3 is 0 Å². The van der Waals surface area contributed by atoms with E-state index in [4.69, 9.17) is 16.3 Å². The Hall–Kier alpha value is -2.07. The number of carbonyl (C=O) groups is 1. The van der Waals surface area contributed by atoms with Crippen molar-refractivity contribution in [2.45, 2.75) is 26.0 Å². The normalized spacial score (nSPS) is 11.8. The van der Waals surface area contributed by atoms with Crippen LogP contribution in [0.25, 0.3) is 0 Å². The number of ether oxygens (including phenoxy) is 1. The number of rotatable bonds is 6. The van der Waals surface area contributed by atoms with E-state index < -0.39 is 6.10 Å². The second kappa shape index (κ2) is 7.80. The fraction of sp³-hybridized carbons (Fsp3) is 0.235.